The maximum absolute atomic E-state index is 12.7. The number of hydrazone groups is 1. The van der Waals surface area contributed by atoms with E-state index in [0.29, 0.717) is 11.2 Å². The van der Waals surface area contributed by atoms with Gasteiger partial charge in [-0.3, -0.25) is 9.79 Å². The van der Waals surface area contributed by atoms with Crippen LogP contribution in [0.5, 0.6) is 0 Å². The monoisotopic (exact) mass is 312 g/mol. The fourth-order valence-electron chi connectivity index (χ4n) is 2.70. The molecule has 0 N–H and O–H groups in total. The molecule has 0 bridgehead atoms. The highest BCUT2D eigenvalue weighted by Crippen LogP contribution is 2.33. The summed E-state index contributed by atoms with van der Waals surface area (Å²) in [6.45, 7) is 3.82. The van der Waals surface area contributed by atoms with Gasteiger partial charge in [0.05, 0.1) is 22.0 Å². The van der Waals surface area contributed by atoms with Crippen LogP contribution in [0.2, 0.25) is 0 Å². The molecule has 112 valence electrons. The van der Waals surface area contributed by atoms with Crippen molar-refractivity contribution in [3.8, 4) is 0 Å². The van der Waals surface area contributed by atoms with Crippen LogP contribution in [0.25, 0.3) is 10.2 Å². The third kappa shape index (κ3) is 2.23. The first-order chi connectivity index (χ1) is 10.6. The number of rotatable bonds is 3. The molecule has 1 fully saturated rings. The van der Waals surface area contributed by atoms with Crippen molar-refractivity contribution in [1.29, 1.82) is 0 Å². The van der Waals surface area contributed by atoms with Crippen molar-refractivity contribution in [3.05, 3.63) is 24.3 Å². The van der Waals surface area contributed by atoms with Crippen molar-refractivity contribution in [2.45, 2.75) is 32.7 Å². The summed E-state index contributed by atoms with van der Waals surface area (Å²) in [6.07, 6.45) is 2.27. The number of carbonyl (C=O) groups is 1. The Hall–Kier alpha value is -2.08. The molecule has 1 aliphatic carbocycles. The number of nitrogens with zero attached hydrogens (tertiary/aromatic N) is 4. The zero-order chi connectivity index (χ0) is 15.3. The molecule has 22 heavy (non-hydrogen) atoms. The van der Waals surface area contributed by atoms with Crippen LogP contribution in [0.4, 0.5) is 5.13 Å². The van der Waals surface area contributed by atoms with E-state index in [-0.39, 0.29) is 11.8 Å². The van der Waals surface area contributed by atoms with Gasteiger partial charge >= 0.3 is 0 Å². The molecular formula is C16H16N4OS. The average Bonchev–Trinajstić information content (AvgIpc) is 3.11. The number of aromatic nitrogens is 1. The van der Waals surface area contributed by atoms with Crippen molar-refractivity contribution in [3.63, 3.8) is 0 Å². The van der Waals surface area contributed by atoms with Gasteiger partial charge in [-0.2, -0.15) is 10.1 Å². The molecule has 2 aromatic rings. The molecule has 1 amide bonds. The molecule has 1 saturated carbocycles. The van der Waals surface area contributed by atoms with E-state index in [9.17, 15) is 4.79 Å². The molecule has 2 aliphatic rings. The smallest absolute Gasteiger partial charge is 0.264 e. The number of carbonyl (C=O) groups excluding carboxylic acids is 1. The lowest BCUT2D eigenvalue weighted by Gasteiger charge is -2.11. The van der Waals surface area contributed by atoms with Crippen LogP contribution in [0.15, 0.2) is 34.4 Å². The van der Waals surface area contributed by atoms with E-state index in [1.54, 1.807) is 0 Å². The van der Waals surface area contributed by atoms with Crippen LogP contribution >= 0.6 is 11.3 Å². The fourth-order valence-corrected chi connectivity index (χ4v) is 3.62. The van der Waals surface area contributed by atoms with Crippen LogP contribution in [0.3, 0.4) is 0 Å². The quantitative estimate of drug-likeness (QED) is 0.817. The zero-order valence-corrected chi connectivity index (χ0v) is 13.3. The Morgan fingerprint density at radius 1 is 1.36 bits per heavy atom. The Balaban J connectivity index is 1.67. The van der Waals surface area contributed by atoms with Crippen molar-refractivity contribution >= 4 is 44.0 Å². The molecule has 4 rings (SSSR count). The van der Waals surface area contributed by atoms with Gasteiger partial charge in [0.25, 0.3) is 5.91 Å². The molecular weight excluding hydrogens is 296 g/mol. The van der Waals surface area contributed by atoms with Gasteiger partial charge in [0, 0.05) is 5.71 Å². The number of amides is 1. The summed E-state index contributed by atoms with van der Waals surface area (Å²) in [7, 11) is 0. The number of benzene rings is 1. The summed E-state index contributed by atoms with van der Waals surface area (Å²) >= 11 is 1.49. The van der Waals surface area contributed by atoms with E-state index in [1.165, 1.54) is 16.3 Å². The highest BCUT2D eigenvalue weighted by Gasteiger charge is 2.38. The van der Waals surface area contributed by atoms with E-state index < -0.39 is 0 Å². The van der Waals surface area contributed by atoms with Gasteiger partial charge in [0.2, 0.25) is 5.13 Å². The van der Waals surface area contributed by atoms with E-state index in [0.717, 1.165) is 34.5 Å². The van der Waals surface area contributed by atoms with Crippen LogP contribution in [0, 0.1) is 5.92 Å². The minimum Gasteiger partial charge on any atom is -0.290 e. The molecule has 0 unspecified atom stereocenters. The molecule has 1 atom stereocenters. The number of fused-ring (bicyclic) bond motifs is 1. The van der Waals surface area contributed by atoms with Crippen LogP contribution in [-0.4, -0.2) is 28.4 Å². The van der Waals surface area contributed by atoms with Gasteiger partial charge in [0.15, 0.2) is 0 Å². The van der Waals surface area contributed by atoms with Gasteiger partial charge in [0.1, 0.15) is 5.92 Å². The summed E-state index contributed by atoms with van der Waals surface area (Å²) in [5, 5.41) is 6.51. The number of anilines is 1. The average molecular weight is 312 g/mol. The van der Waals surface area contributed by atoms with Gasteiger partial charge < -0.3 is 0 Å². The second-order valence-electron chi connectivity index (χ2n) is 5.79. The van der Waals surface area contributed by atoms with Crippen molar-refractivity contribution in [2.24, 2.45) is 16.0 Å². The van der Waals surface area contributed by atoms with Crippen molar-refractivity contribution in [2.75, 3.05) is 5.01 Å². The summed E-state index contributed by atoms with van der Waals surface area (Å²) < 4.78 is 1.06. The number of para-hydroxylation sites is 1. The Morgan fingerprint density at radius 3 is 2.86 bits per heavy atom. The summed E-state index contributed by atoms with van der Waals surface area (Å²) in [4.78, 5) is 21.9. The van der Waals surface area contributed by atoms with E-state index in [4.69, 9.17) is 0 Å². The third-order valence-electron chi connectivity index (χ3n) is 3.95. The maximum Gasteiger partial charge on any atom is 0.264 e. The summed E-state index contributed by atoms with van der Waals surface area (Å²) in [5.74, 6) is -0.369. The van der Waals surface area contributed by atoms with Crippen LogP contribution in [0.1, 0.15) is 26.7 Å². The molecule has 0 radical (unpaired) electrons. The minimum atomic E-state index is -0.326. The SMILES string of the molecule is CC(=NC1CC1)[C@H]1C(=O)N(c2nc3ccccc3s2)N=C1C. The van der Waals surface area contributed by atoms with Crippen LogP contribution < -0.4 is 5.01 Å². The Bertz CT molecular complexity index is 785. The molecule has 1 aromatic heterocycles. The molecule has 0 saturated heterocycles. The highest BCUT2D eigenvalue weighted by molar-refractivity contribution is 7.22. The highest BCUT2D eigenvalue weighted by atomic mass is 32.1. The summed E-state index contributed by atoms with van der Waals surface area (Å²) in [5.41, 5.74) is 2.57. The predicted molar refractivity (Wildman–Crippen MR) is 89.8 cm³/mol. The normalized spacial score (nSPS) is 22.5. The molecule has 5 nitrogen and oxygen atoms in total. The van der Waals surface area contributed by atoms with Gasteiger partial charge in [-0.05, 0) is 38.8 Å². The molecule has 2 heterocycles. The molecule has 0 spiro atoms. The number of hydrogen-bond acceptors (Lipinski definition) is 5. The lowest BCUT2D eigenvalue weighted by Crippen LogP contribution is -2.31. The molecule has 1 aromatic carbocycles. The fraction of sp³-hybridized carbons (Fsp3) is 0.375. The first kappa shape index (κ1) is 13.6. The van der Waals surface area contributed by atoms with Crippen LogP contribution in [-0.2, 0) is 4.79 Å². The Morgan fingerprint density at radius 2 is 2.14 bits per heavy atom. The van der Waals surface area contributed by atoms with Gasteiger partial charge in [-0.25, -0.2) is 4.98 Å². The van der Waals surface area contributed by atoms with Crippen molar-refractivity contribution in [1.82, 2.24) is 4.98 Å². The first-order valence-corrected chi connectivity index (χ1v) is 8.24. The largest absolute Gasteiger partial charge is 0.290 e. The second kappa shape index (κ2) is 4.98. The number of hydrogen-bond donors (Lipinski definition) is 0. The van der Waals surface area contributed by atoms with Gasteiger partial charge in [-0.15, -0.1) is 0 Å². The van der Waals surface area contributed by atoms with E-state index in [2.05, 4.69) is 15.1 Å². The zero-order valence-electron chi connectivity index (χ0n) is 12.5. The molecule has 1 aliphatic heterocycles. The number of thiazole rings is 1. The lowest BCUT2D eigenvalue weighted by atomic mass is 9.99. The standard InChI is InChI=1S/C16H16N4OS/c1-9(17-11-7-8-11)14-10(2)19-20(15(14)21)16-18-12-5-3-4-6-13(12)22-16/h3-6,11,14H,7-8H2,1-2H3/t14-/m1/s1. The summed E-state index contributed by atoms with van der Waals surface area (Å²) in [6, 6.07) is 8.28. The topological polar surface area (TPSA) is 57.9 Å². The molecule has 6 heteroatoms. The van der Waals surface area contributed by atoms with Crippen molar-refractivity contribution < 1.29 is 4.79 Å². The Kier molecular flexibility index (Phi) is 3.07. The second-order valence-corrected chi connectivity index (χ2v) is 6.80. The maximum atomic E-state index is 12.7. The number of aliphatic imine (C=N–C) groups is 1. The lowest BCUT2D eigenvalue weighted by molar-refractivity contribution is -0.118. The predicted octanol–water partition coefficient (Wildman–Crippen LogP) is 3.26. The van der Waals surface area contributed by atoms with Gasteiger partial charge in [-0.1, -0.05) is 23.5 Å². The Labute approximate surface area is 132 Å². The third-order valence-corrected chi connectivity index (χ3v) is 4.96. The van der Waals surface area contributed by atoms with E-state index in [1.807, 2.05) is 38.1 Å². The minimum absolute atomic E-state index is 0.0431. The first-order valence-electron chi connectivity index (χ1n) is 7.42. The van der Waals surface area contributed by atoms with E-state index >= 15 is 0 Å².